The van der Waals surface area contributed by atoms with Gasteiger partial charge in [0.1, 0.15) is 115 Å². The van der Waals surface area contributed by atoms with Crippen LogP contribution in [0.25, 0.3) is 67.1 Å². The lowest BCUT2D eigenvalue weighted by atomic mass is 10.1. The molecule has 5 aliphatic rings. The quantitative estimate of drug-likeness (QED) is 0.0542. The van der Waals surface area contributed by atoms with Crippen LogP contribution in [0.15, 0.2) is 214 Å². The molecule has 21 rings (SSSR count). The number of hydrogen-bond acceptors (Lipinski definition) is 36. The predicted molar refractivity (Wildman–Crippen MR) is 559 cm³/mol. The third-order valence-corrected chi connectivity index (χ3v) is 33.7. The summed E-state index contributed by atoms with van der Waals surface area (Å²) in [6.45, 7) is 19.8. The maximum absolute atomic E-state index is 13.3. The number of hydrogen-bond donors (Lipinski definition) is 0. The Hall–Kier alpha value is -16.2. The maximum atomic E-state index is 13.3. The second-order valence-electron chi connectivity index (χ2n) is 35.2. The van der Waals surface area contributed by atoms with Gasteiger partial charge in [-0.2, -0.15) is 58.9 Å². The van der Waals surface area contributed by atoms with Crippen molar-refractivity contribution < 1.29 is 35.8 Å². The van der Waals surface area contributed by atoms with Crippen molar-refractivity contribution in [3.63, 3.8) is 0 Å². The molecule has 20 heterocycles. The molecule has 0 atom stereocenters. The Bertz CT molecular complexity index is 8150. The van der Waals surface area contributed by atoms with Crippen LogP contribution in [-0.2, 0) is 64.6 Å². The fourth-order valence-corrected chi connectivity index (χ4v) is 24.3. The van der Waals surface area contributed by atoms with E-state index in [1.165, 1.54) is 44.7 Å². The number of rotatable bonds is 24. The van der Waals surface area contributed by atoms with E-state index >= 15 is 0 Å². The highest BCUT2D eigenvalue weighted by Crippen LogP contribution is 2.37. The van der Waals surface area contributed by atoms with Gasteiger partial charge in [-0.05, 0) is 162 Å². The number of pyridine rings is 8. The van der Waals surface area contributed by atoms with Gasteiger partial charge in [0.05, 0.1) is 162 Å². The first-order valence-electron chi connectivity index (χ1n) is 48.1. The summed E-state index contributed by atoms with van der Waals surface area (Å²) in [5.41, 5.74) is 16.1. The highest BCUT2D eigenvalue weighted by Gasteiger charge is 2.31. The number of fused-ring (bicyclic) bond motifs is 4. The minimum atomic E-state index is -2.34. The minimum Gasteiger partial charge on any atom is -0.480 e. The molecule has 1 saturated carbocycles. The van der Waals surface area contributed by atoms with Crippen molar-refractivity contribution in [1.29, 1.82) is 21.0 Å². The summed E-state index contributed by atoms with van der Waals surface area (Å²) in [4.78, 5) is 63.1. The fraction of sp³-hybridized carbons (Fsp3) is 0.333. The number of nitrogens with zero attached hydrogens (tertiary/aromatic N) is 32. The van der Waals surface area contributed by atoms with Gasteiger partial charge in [-0.15, -0.1) is 0 Å². The molecule has 0 N–H and O–H groups in total. The van der Waals surface area contributed by atoms with Gasteiger partial charge in [0.15, 0.2) is 0 Å². The monoisotopic (exact) mass is 2030 g/mol. The van der Waals surface area contributed by atoms with E-state index < -0.39 is 38.9 Å². The van der Waals surface area contributed by atoms with E-state index in [9.17, 15) is 37.9 Å². The molecule has 0 aromatic carbocycles. The summed E-state index contributed by atoms with van der Waals surface area (Å²) < 4.78 is 100. The lowest BCUT2D eigenvalue weighted by molar-refractivity contribution is 0.231. The zero-order valence-electron chi connectivity index (χ0n) is 81.8. The van der Waals surface area contributed by atoms with E-state index in [2.05, 4.69) is 143 Å². The van der Waals surface area contributed by atoms with E-state index in [-0.39, 0.29) is 6.10 Å². The molecule has 746 valence electrons. The van der Waals surface area contributed by atoms with Gasteiger partial charge in [-0.3, -0.25) is 19.9 Å². The molecule has 0 amide bonds. The summed E-state index contributed by atoms with van der Waals surface area (Å²) in [6, 6.07) is 39.4. The second-order valence-corrected chi connectivity index (χ2v) is 45.4. The van der Waals surface area contributed by atoms with Gasteiger partial charge in [0.25, 0.3) is 0 Å². The van der Waals surface area contributed by atoms with E-state index in [0.717, 1.165) is 94.0 Å². The van der Waals surface area contributed by atoms with Crippen molar-refractivity contribution in [2.45, 2.75) is 93.1 Å². The number of anilines is 4. The van der Waals surface area contributed by atoms with Crippen LogP contribution in [0.5, 0.6) is 23.5 Å². The van der Waals surface area contributed by atoms with Crippen LogP contribution >= 0.6 is 0 Å². The largest absolute Gasteiger partial charge is 0.480 e. The van der Waals surface area contributed by atoms with Gasteiger partial charge in [-0.1, -0.05) is 27.7 Å². The molecule has 146 heavy (non-hydrogen) atoms. The first-order chi connectivity index (χ1) is 70.9. The van der Waals surface area contributed by atoms with Crippen molar-refractivity contribution in [3.8, 4) is 92.8 Å². The third kappa shape index (κ3) is 23.3. The van der Waals surface area contributed by atoms with E-state index in [1.54, 1.807) is 92.4 Å². The number of nitriles is 4. The Morgan fingerprint density at radius 2 is 0.610 bits per heavy atom. The third-order valence-electron chi connectivity index (χ3n) is 25.0. The molecule has 5 fully saturated rings. The molecular weight excluding hydrogens is 1930 g/mol. The lowest BCUT2D eigenvalue weighted by Crippen LogP contribution is -2.40. The normalized spacial score (nSPS) is 15.5. The molecule has 0 unspecified atom stereocenters. The standard InChI is InChI=1S/C27H28N8O2S.C26H28N8O2S.C25H26N8O2S.C24H24N8O2S/c1-2-22-6-7-23(16-29-22)33-38(36)11-9-34(10-12-38)24-8-5-20(14-30-24)26-27-21(13-28)15-31-35(27)17-25(32-26)37-18-19-3-4-19;1-4-21-6-7-22(16-28-21)32-37(35)11-9-33(10-12-37)23-8-5-19(14-29-23)25-26-20(13-27)15-30-34(26)17-24(31-25)36-18(2)3;1-3-20-6-7-21(16-27-20)31-36(34)11-9-32(10-12-36)22-8-5-18(14-28-22)24-25-19(13-26)15-29-33(25)17-23(30-24)35-4-2;1-3-19-5-6-20(15-26-19)30-35(33)10-8-31(9-11-35)21-7-4-17(13-27-21)23-24-18(12-25)14-28-32(24)16-22(29-23)34-2/h5-8,14-17,19H,2-4,9-12,18H2,1H3;5-8,14-18H,4,9-12H2,1-3H3;5-8,14-17H,3-4,9-12H2,1-2H3;4-7,13-16H,3,8-11H2,1-2H3. The Balaban J connectivity index is 0.000000128. The molecule has 0 spiro atoms. The number of methoxy groups -OCH3 is 1. The van der Waals surface area contributed by atoms with Gasteiger partial charge < -0.3 is 38.5 Å². The van der Waals surface area contributed by atoms with Gasteiger partial charge >= 0.3 is 0 Å². The van der Waals surface area contributed by atoms with Crippen molar-refractivity contribution >= 4 is 107 Å². The smallest absolute Gasteiger partial charge is 0.233 e. The molecule has 40 nitrogen and oxygen atoms in total. The van der Waals surface area contributed by atoms with Crippen LogP contribution in [0.4, 0.5) is 46.0 Å². The molecule has 16 aromatic rings. The first kappa shape index (κ1) is 100.0. The molecule has 4 aliphatic heterocycles. The number of ether oxygens (including phenoxy) is 4. The SMILES string of the molecule is CCOc1cn2ncc(C#N)c2c(-c2ccc(N3CCS(=O)(=Nc4ccc(CC)nc4)CC3)nc2)n1.CCc1ccc(N=S2(=O)CCN(c3ccc(-c4nc(OC(C)C)cn5ncc(C#N)c45)cn3)CC2)cn1.CCc1ccc(N=S2(=O)CCN(c3ccc(-c4nc(OC)cn5ncc(C#N)c45)cn3)CC2)cn1.CCc1ccc(N=S2(=O)CCN(c3ccc(-c4nc(OCC5CC5)cn5ncc(C#N)c45)cn3)CC2)cn1. The van der Waals surface area contributed by atoms with Crippen molar-refractivity contribution in [2.75, 3.05) is 138 Å². The maximum Gasteiger partial charge on any atom is 0.233 e. The molecule has 16 aromatic heterocycles. The Labute approximate surface area is 845 Å². The van der Waals surface area contributed by atoms with E-state index in [4.69, 9.17) is 23.9 Å². The fourth-order valence-electron chi connectivity index (χ4n) is 16.8. The van der Waals surface area contributed by atoms with Gasteiger partial charge in [0, 0.05) is 168 Å². The van der Waals surface area contributed by atoms with Crippen molar-refractivity contribution in [1.82, 2.24) is 98.3 Å². The Morgan fingerprint density at radius 3 is 0.842 bits per heavy atom. The van der Waals surface area contributed by atoms with Gasteiger partial charge in [-0.25, -0.2) is 74.8 Å². The molecule has 1 aliphatic carbocycles. The average Bonchev–Trinajstić information content (AvgIpc) is 1.63. The van der Waals surface area contributed by atoms with Crippen LogP contribution in [0.2, 0.25) is 0 Å². The second kappa shape index (κ2) is 44.4. The highest BCUT2D eigenvalue weighted by molar-refractivity contribution is 7.94. The minimum absolute atomic E-state index is 0.0580. The lowest BCUT2D eigenvalue weighted by Gasteiger charge is -2.29. The highest BCUT2D eigenvalue weighted by atomic mass is 32.2. The summed E-state index contributed by atoms with van der Waals surface area (Å²) >= 11 is 0. The van der Waals surface area contributed by atoms with Crippen molar-refractivity contribution in [3.05, 3.63) is 241 Å². The summed E-state index contributed by atoms with van der Waals surface area (Å²) in [6.07, 6.45) is 32.3. The number of aryl methyl sites for hydroxylation is 4. The van der Waals surface area contributed by atoms with Gasteiger partial charge in [0.2, 0.25) is 23.5 Å². The van der Waals surface area contributed by atoms with E-state index in [0.29, 0.717) is 231 Å². The van der Waals surface area contributed by atoms with Crippen LogP contribution in [0, 0.1) is 51.2 Å². The molecule has 44 heteroatoms. The van der Waals surface area contributed by atoms with Crippen LogP contribution in [0.3, 0.4) is 0 Å². The predicted octanol–water partition coefficient (Wildman–Crippen LogP) is 14.9. The Kier molecular flexibility index (Phi) is 30.4. The topological polar surface area (TPSA) is 487 Å². The zero-order chi connectivity index (χ0) is 102. The summed E-state index contributed by atoms with van der Waals surface area (Å²) in [5.74, 6) is 9.19. The molecule has 0 bridgehead atoms. The van der Waals surface area contributed by atoms with Crippen molar-refractivity contribution in [2.24, 2.45) is 23.4 Å². The molecule has 0 radical (unpaired) electrons. The zero-order valence-corrected chi connectivity index (χ0v) is 85.1. The Morgan fingerprint density at radius 1 is 0.342 bits per heavy atom. The molecule has 4 saturated heterocycles. The van der Waals surface area contributed by atoms with Crippen LogP contribution in [0.1, 0.15) is 106 Å². The molecular formula is C102H106N32O8S4. The van der Waals surface area contributed by atoms with E-state index in [1.807, 2.05) is 139 Å². The summed E-state index contributed by atoms with van der Waals surface area (Å²) in [5, 5.41) is 55.3. The number of aromatic nitrogens is 20. The first-order valence-corrected chi connectivity index (χ1v) is 55.5. The average molecular weight is 2040 g/mol. The summed E-state index contributed by atoms with van der Waals surface area (Å²) in [7, 11) is -7.83. The van der Waals surface area contributed by atoms with Crippen LogP contribution < -0.4 is 38.5 Å². The van der Waals surface area contributed by atoms with Crippen LogP contribution in [-0.4, -0.2) is 240 Å².